The van der Waals surface area contributed by atoms with Crippen LogP contribution in [0.25, 0.3) is 0 Å². The molecule has 2 aromatic heterocycles. The van der Waals surface area contributed by atoms with Crippen molar-refractivity contribution in [2.45, 2.75) is 72.1 Å². The van der Waals surface area contributed by atoms with E-state index in [4.69, 9.17) is 4.42 Å². The molecule has 0 fully saturated rings. The van der Waals surface area contributed by atoms with Crippen molar-refractivity contribution in [1.29, 1.82) is 0 Å². The first-order valence-electron chi connectivity index (χ1n) is 9.25. The van der Waals surface area contributed by atoms with E-state index in [-0.39, 0.29) is 5.41 Å². The summed E-state index contributed by atoms with van der Waals surface area (Å²) in [6.07, 6.45) is -2.36. The van der Waals surface area contributed by atoms with Crippen molar-refractivity contribution in [1.82, 2.24) is 15.1 Å². The first kappa shape index (κ1) is 20.5. The zero-order chi connectivity index (χ0) is 21.1. The number of aryl methyl sites for hydroxylation is 1. The molecular formula is C20H26F3N3O2. The van der Waals surface area contributed by atoms with E-state index in [9.17, 15) is 18.0 Å². The van der Waals surface area contributed by atoms with Crippen LogP contribution in [0.15, 0.2) is 16.7 Å². The number of nitrogens with zero attached hydrogens (tertiary/aromatic N) is 2. The van der Waals surface area contributed by atoms with Gasteiger partial charge >= 0.3 is 6.18 Å². The van der Waals surface area contributed by atoms with Crippen LogP contribution >= 0.6 is 0 Å². The van der Waals surface area contributed by atoms with E-state index in [1.54, 1.807) is 20.8 Å². The highest BCUT2D eigenvalue weighted by molar-refractivity contribution is 5.95. The number of carbonyl (C=O) groups is 1. The van der Waals surface area contributed by atoms with Gasteiger partial charge in [0.15, 0.2) is 5.69 Å². The quantitative estimate of drug-likeness (QED) is 0.776. The van der Waals surface area contributed by atoms with Gasteiger partial charge in [0.25, 0.3) is 5.91 Å². The van der Waals surface area contributed by atoms with E-state index in [1.807, 2.05) is 26.8 Å². The largest absolute Gasteiger partial charge is 0.466 e. The van der Waals surface area contributed by atoms with Crippen LogP contribution in [0.4, 0.5) is 13.2 Å². The molecule has 1 aliphatic rings. The Kier molecular flexibility index (Phi) is 4.67. The molecule has 154 valence electrons. The number of hydrogen-bond donors (Lipinski definition) is 1. The standard InChI is InChI=1S/C20H26F3N3O2/c1-11-7-12-14(8-19(5,6)9-15(12)28-11)25-17(27)13-10-24-26(18(2,3)4)16(13)20(21,22)23/h7,10,14H,8-9H2,1-6H3,(H,25,27). The second-order valence-corrected chi connectivity index (χ2v) is 9.29. The molecule has 0 saturated carbocycles. The second-order valence-electron chi connectivity index (χ2n) is 9.29. The van der Waals surface area contributed by atoms with Crippen molar-refractivity contribution in [2.24, 2.45) is 5.41 Å². The van der Waals surface area contributed by atoms with Crippen LogP contribution in [0, 0.1) is 12.3 Å². The van der Waals surface area contributed by atoms with Gasteiger partial charge in [-0.3, -0.25) is 9.48 Å². The van der Waals surface area contributed by atoms with E-state index in [0.717, 1.165) is 34.4 Å². The van der Waals surface area contributed by atoms with Crippen LogP contribution in [0.2, 0.25) is 0 Å². The van der Waals surface area contributed by atoms with Crippen LogP contribution in [0.3, 0.4) is 0 Å². The molecule has 1 aliphatic carbocycles. The maximum atomic E-state index is 13.7. The Hall–Kier alpha value is -2.25. The lowest BCUT2D eigenvalue weighted by Gasteiger charge is -2.34. The number of aromatic nitrogens is 2. The zero-order valence-electron chi connectivity index (χ0n) is 17.0. The van der Waals surface area contributed by atoms with Gasteiger partial charge in [0, 0.05) is 12.0 Å². The number of halogens is 3. The van der Waals surface area contributed by atoms with Crippen molar-refractivity contribution >= 4 is 5.91 Å². The molecule has 28 heavy (non-hydrogen) atoms. The van der Waals surface area contributed by atoms with Gasteiger partial charge in [0.2, 0.25) is 0 Å². The maximum absolute atomic E-state index is 13.7. The topological polar surface area (TPSA) is 60.1 Å². The van der Waals surface area contributed by atoms with Crippen molar-refractivity contribution in [3.05, 3.63) is 40.6 Å². The van der Waals surface area contributed by atoms with Crippen LogP contribution in [-0.2, 0) is 18.1 Å². The maximum Gasteiger partial charge on any atom is 0.433 e. The lowest BCUT2D eigenvalue weighted by atomic mass is 9.74. The van der Waals surface area contributed by atoms with Gasteiger partial charge in [-0.1, -0.05) is 13.8 Å². The van der Waals surface area contributed by atoms with Crippen molar-refractivity contribution in [3.8, 4) is 0 Å². The molecular weight excluding hydrogens is 371 g/mol. The average molecular weight is 397 g/mol. The highest BCUT2D eigenvalue weighted by Crippen LogP contribution is 2.42. The first-order valence-corrected chi connectivity index (χ1v) is 9.25. The molecule has 1 unspecified atom stereocenters. The van der Waals surface area contributed by atoms with Crippen molar-refractivity contribution in [3.63, 3.8) is 0 Å². The number of fused-ring (bicyclic) bond motifs is 1. The van der Waals surface area contributed by atoms with E-state index in [2.05, 4.69) is 10.4 Å². The Morgan fingerprint density at radius 2 is 1.96 bits per heavy atom. The highest BCUT2D eigenvalue weighted by Gasteiger charge is 2.43. The molecule has 0 aliphatic heterocycles. The number of carbonyl (C=O) groups excluding carboxylic acids is 1. The Bertz CT molecular complexity index is 901. The minimum atomic E-state index is -4.69. The molecule has 2 aromatic rings. The molecule has 5 nitrogen and oxygen atoms in total. The molecule has 0 radical (unpaired) electrons. The normalized spacial score (nSPS) is 19.4. The molecule has 0 spiro atoms. The van der Waals surface area contributed by atoms with E-state index in [0.29, 0.717) is 6.42 Å². The number of alkyl halides is 3. The van der Waals surface area contributed by atoms with Crippen LogP contribution < -0.4 is 5.32 Å². The Morgan fingerprint density at radius 3 is 2.54 bits per heavy atom. The highest BCUT2D eigenvalue weighted by atomic mass is 19.4. The minimum absolute atomic E-state index is 0.141. The summed E-state index contributed by atoms with van der Waals surface area (Å²) in [5, 5.41) is 6.65. The predicted molar refractivity (Wildman–Crippen MR) is 98.0 cm³/mol. The van der Waals surface area contributed by atoms with Gasteiger partial charge < -0.3 is 9.73 Å². The lowest BCUT2D eigenvalue weighted by Crippen LogP contribution is -2.37. The molecule has 1 atom stereocenters. The zero-order valence-corrected chi connectivity index (χ0v) is 17.0. The Labute approximate surface area is 162 Å². The Balaban J connectivity index is 1.97. The van der Waals surface area contributed by atoms with E-state index in [1.165, 1.54) is 0 Å². The second kappa shape index (κ2) is 6.39. The number of hydrogen-bond acceptors (Lipinski definition) is 3. The number of rotatable bonds is 2. The molecule has 1 N–H and O–H groups in total. The van der Waals surface area contributed by atoms with Gasteiger partial charge in [-0.05, 0) is 45.6 Å². The molecule has 2 heterocycles. The number of nitrogens with one attached hydrogen (secondary N) is 1. The summed E-state index contributed by atoms with van der Waals surface area (Å²) in [6.45, 7) is 10.8. The van der Waals surface area contributed by atoms with Gasteiger partial charge in [-0.25, -0.2) is 0 Å². The monoisotopic (exact) mass is 397 g/mol. The molecule has 1 amide bonds. The average Bonchev–Trinajstić information content (AvgIpc) is 3.08. The van der Waals surface area contributed by atoms with Crippen LogP contribution in [0.5, 0.6) is 0 Å². The van der Waals surface area contributed by atoms with Crippen molar-refractivity contribution in [2.75, 3.05) is 0 Å². The molecule has 0 aromatic carbocycles. The van der Waals surface area contributed by atoms with Gasteiger partial charge in [-0.15, -0.1) is 0 Å². The first-order chi connectivity index (χ1) is 12.7. The summed E-state index contributed by atoms with van der Waals surface area (Å²) in [4.78, 5) is 12.9. The summed E-state index contributed by atoms with van der Waals surface area (Å²) in [7, 11) is 0. The predicted octanol–water partition coefficient (Wildman–Crippen LogP) is 5.00. The van der Waals surface area contributed by atoms with Crippen LogP contribution in [-0.4, -0.2) is 15.7 Å². The van der Waals surface area contributed by atoms with Crippen LogP contribution in [0.1, 0.15) is 80.2 Å². The molecule has 8 heteroatoms. The minimum Gasteiger partial charge on any atom is -0.466 e. The third-order valence-corrected chi connectivity index (χ3v) is 4.96. The fourth-order valence-corrected chi connectivity index (χ4v) is 3.85. The summed E-state index contributed by atoms with van der Waals surface area (Å²) in [5.41, 5.74) is -1.71. The van der Waals surface area contributed by atoms with Gasteiger partial charge in [-0.2, -0.15) is 18.3 Å². The van der Waals surface area contributed by atoms with E-state index < -0.39 is 34.9 Å². The third-order valence-electron chi connectivity index (χ3n) is 4.96. The summed E-state index contributed by atoms with van der Waals surface area (Å²) >= 11 is 0. The molecule has 0 saturated heterocycles. The molecule has 3 rings (SSSR count). The summed E-state index contributed by atoms with van der Waals surface area (Å²) in [5.74, 6) is 0.717. The number of furan rings is 1. The fourth-order valence-electron chi connectivity index (χ4n) is 3.85. The third kappa shape index (κ3) is 3.82. The van der Waals surface area contributed by atoms with E-state index >= 15 is 0 Å². The van der Waals surface area contributed by atoms with Gasteiger partial charge in [0.05, 0.1) is 23.3 Å². The fraction of sp³-hybridized carbons (Fsp3) is 0.600. The SMILES string of the molecule is Cc1cc2c(o1)CC(C)(C)CC2NC(=O)c1cnn(C(C)(C)C)c1C(F)(F)F. The summed E-state index contributed by atoms with van der Waals surface area (Å²) < 4.78 is 47.8. The van der Waals surface area contributed by atoms with Crippen molar-refractivity contribution < 1.29 is 22.4 Å². The Morgan fingerprint density at radius 1 is 1.32 bits per heavy atom. The molecule has 0 bridgehead atoms. The number of amides is 1. The lowest BCUT2D eigenvalue weighted by molar-refractivity contribution is -0.146. The summed E-state index contributed by atoms with van der Waals surface area (Å²) in [6, 6.07) is 1.43. The smallest absolute Gasteiger partial charge is 0.433 e. The van der Waals surface area contributed by atoms with Gasteiger partial charge in [0.1, 0.15) is 11.5 Å².